The molecule has 2 aliphatic rings. The quantitative estimate of drug-likeness (QED) is 0.599. The van der Waals surface area contributed by atoms with Crippen LogP contribution in [0.25, 0.3) is 0 Å². The van der Waals surface area contributed by atoms with E-state index in [9.17, 15) is 4.79 Å². The van der Waals surface area contributed by atoms with Crippen molar-refractivity contribution in [1.82, 2.24) is 10.2 Å². The van der Waals surface area contributed by atoms with E-state index in [4.69, 9.17) is 5.73 Å². The minimum atomic E-state index is -0.190. The predicted molar refractivity (Wildman–Crippen MR) is 50.1 cm³/mol. The summed E-state index contributed by atoms with van der Waals surface area (Å²) in [6.07, 6.45) is 1.79. The molecule has 3 N–H and O–H groups in total. The van der Waals surface area contributed by atoms with E-state index in [0.29, 0.717) is 12.5 Å². The molecule has 2 saturated heterocycles. The summed E-state index contributed by atoms with van der Waals surface area (Å²) in [4.78, 5) is 12.9. The summed E-state index contributed by atoms with van der Waals surface area (Å²) in [6.45, 7) is 4.24. The van der Waals surface area contributed by atoms with Crippen LogP contribution in [0.1, 0.15) is 12.8 Å². The summed E-state index contributed by atoms with van der Waals surface area (Å²) in [6, 6.07) is 0.674. The van der Waals surface area contributed by atoms with Gasteiger partial charge in [-0.2, -0.15) is 0 Å². The zero-order valence-electron chi connectivity index (χ0n) is 7.83. The number of primary amides is 1. The fourth-order valence-electron chi connectivity index (χ4n) is 2.39. The van der Waals surface area contributed by atoms with Gasteiger partial charge in [-0.25, -0.2) is 0 Å². The Morgan fingerprint density at radius 1 is 1.54 bits per heavy atom. The van der Waals surface area contributed by atoms with Crippen LogP contribution in [-0.2, 0) is 4.79 Å². The van der Waals surface area contributed by atoms with Gasteiger partial charge in [0.2, 0.25) is 5.91 Å². The number of hydrogen-bond acceptors (Lipinski definition) is 3. The van der Waals surface area contributed by atoms with Gasteiger partial charge in [-0.3, -0.25) is 4.79 Å². The maximum atomic E-state index is 10.6. The molecule has 0 radical (unpaired) electrons. The number of carbonyl (C=O) groups is 1. The van der Waals surface area contributed by atoms with Crippen molar-refractivity contribution in [3.63, 3.8) is 0 Å². The zero-order chi connectivity index (χ0) is 9.26. The van der Waals surface area contributed by atoms with Crippen LogP contribution in [0.2, 0.25) is 0 Å². The number of hydrogen-bond donors (Lipinski definition) is 2. The van der Waals surface area contributed by atoms with Crippen molar-refractivity contribution < 1.29 is 4.79 Å². The number of nitrogens with two attached hydrogens (primary N) is 1. The van der Waals surface area contributed by atoms with Gasteiger partial charge < -0.3 is 16.0 Å². The third kappa shape index (κ3) is 2.00. The minimum Gasteiger partial charge on any atom is -0.370 e. The van der Waals surface area contributed by atoms with E-state index < -0.39 is 0 Å². The second-order valence-electron chi connectivity index (χ2n) is 4.09. The largest absolute Gasteiger partial charge is 0.370 e. The number of nitrogens with zero attached hydrogens (tertiary/aromatic N) is 1. The molecule has 4 heteroatoms. The van der Waals surface area contributed by atoms with Gasteiger partial charge in [-0.15, -0.1) is 0 Å². The van der Waals surface area contributed by atoms with Gasteiger partial charge in [0.15, 0.2) is 0 Å². The lowest BCUT2D eigenvalue weighted by Crippen LogP contribution is -2.31. The molecule has 0 spiro atoms. The Morgan fingerprint density at radius 2 is 2.38 bits per heavy atom. The number of rotatable bonds is 3. The standard InChI is InChI=1S/C9H17N3O/c10-9(13)2-4-12-5-7-1-3-11-8(7)6-12/h7-8,11H,1-6H2,(H2,10,13)/t7-,8+/m0/s1. The van der Waals surface area contributed by atoms with E-state index in [1.807, 2.05) is 0 Å². The topological polar surface area (TPSA) is 58.4 Å². The molecular formula is C9H17N3O. The maximum Gasteiger partial charge on any atom is 0.218 e. The van der Waals surface area contributed by atoms with Crippen LogP contribution in [0.4, 0.5) is 0 Å². The van der Waals surface area contributed by atoms with Crippen molar-refractivity contribution in [2.45, 2.75) is 18.9 Å². The minimum absolute atomic E-state index is 0.190. The van der Waals surface area contributed by atoms with Gasteiger partial charge in [-0.1, -0.05) is 0 Å². The van der Waals surface area contributed by atoms with Crippen LogP contribution in [0.5, 0.6) is 0 Å². The number of nitrogens with one attached hydrogen (secondary N) is 1. The molecule has 0 saturated carbocycles. The smallest absolute Gasteiger partial charge is 0.218 e. The summed E-state index contributed by atoms with van der Waals surface area (Å²) in [5.74, 6) is 0.623. The summed E-state index contributed by atoms with van der Waals surface area (Å²) in [5.41, 5.74) is 5.11. The summed E-state index contributed by atoms with van der Waals surface area (Å²) >= 11 is 0. The SMILES string of the molecule is NC(=O)CCN1C[C@@H]2CCN[C@@H]2C1. The Morgan fingerprint density at radius 3 is 3.08 bits per heavy atom. The molecule has 0 unspecified atom stereocenters. The van der Waals surface area contributed by atoms with Crippen LogP contribution >= 0.6 is 0 Å². The van der Waals surface area contributed by atoms with Gasteiger partial charge in [0.05, 0.1) is 0 Å². The van der Waals surface area contributed by atoms with Crippen molar-refractivity contribution >= 4 is 5.91 Å². The van der Waals surface area contributed by atoms with Crippen molar-refractivity contribution in [3.05, 3.63) is 0 Å². The Kier molecular flexibility index (Phi) is 2.51. The molecular weight excluding hydrogens is 166 g/mol. The van der Waals surface area contributed by atoms with Gasteiger partial charge in [0.25, 0.3) is 0 Å². The second-order valence-corrected chi connectivity index (χ2v) is 4.09. The molecule has 13 heavy (non-hydrogen) atoms. The second kappa shape index (κ2) is 3.64. The highest BCUT2D eigenvalue weighted by Crippen LogP contribution is 2.24. The Hall–Kier alpha value is -0.610. The molecule has 0 aromatic carbocycles. The fraction of sp³-hybridized carbons (Fsp3) is 0.889. The molecule has 2 aliphatic heterocycles. The van der Waals surface area contributed by atoms with E-state index in [-0.39, 0.29) is 5.91 Å². The predicted octanol–water partition coefficient (Wildman–Crippen LogP) is -0.844. The molecule has 2 rings (SSSR count). The average Bonchev–Trinajstić information content (AvgIpc) is 2.58. The first-order valence-electron chi connectivity index (χ1n) is 5.00. The Balaban J connectivity index is 1.75. The lowest BCUT2D eigenvalue weighted by molar-refractivity contribution is -0.118. The molecule has 2 fully saturated rings. The monoisotopic (exact) mass is 183 g/mol. The van der Waals surface area contributed by atoms with Crippen molar-refractivity contribution in [1.29, 1.82) is 0 Å². The van der Waals surface area contributed by atoms with Crippen LogP contribution < -0.4 is 11.1 Å². The van der Waals surface area contributed by atoms with E-state index in [1.165, 1.54) is 13.0 Å². The number of carbonyl (C=O) groups excluding carboxylic acids is 1. The maximum absolute atomic E-state index is 10.6. The van der Waals surface area contributed by atoms with E-state index >= 15 is 0 Å². The van der Waals surface area contributed by atoms with Crippen LogP contribution in [-0.4, -0.2) is 43.0 Å². The average molecular weight is 183 g/mol. The summed E-state index contributed by atoms with van der Waals surface area (Å²) < 4.78 is 0. The zero-order valence-corrected chi connectivity index (χ0v) is 7.83. The molecule has 0 aromatic heterocycles. The molecule has 1 amide bonds. The molecule has 2 heterocycles. The molecule has 0 bridgehead atoms. The lowest BCUT2D eigenvalue weighted by Gasteiger charge is -2.15. The van der Waals surface area contributed by atoms with E-state index in [2.05, 4.69) is 10.2 Å². The van der Waals surface area contributed by atoms with E-state index in [0.717, 1.165) is 25.6 Å². The van der Waals surface area contributed by atoms with Crippen LogP contribution in [0, 0.1) is 5.92 Å². The van der Waals surface area contributed by atoms with Crippen LogP contribution in [0.3, 0.4) is 0 Å². The van der Waals surface area contributed by atoms with Crippen LogP contribution in [0.15, 0.2) is 0 Å². The number of likely N-dealkylation sites (tertiary alicyclic amines) is 1. The Bertz CT molecular complexity index is 195. The molecule has 0 aliphatic carbocycles. The molecule has 0 aromatic rings. The molecule has 2 atom stereocenters. The highest BCUT2D eigenvalue weighted by Gasteiger charge is 2.35. The molecule has 74 valence electrons. The first-order valence-corrected chi connectivity index (χ1v) is 5.00. The van der Waals surface area contributed by atoms with Gasteiger partial charge in [0, 0.05) is 32.1 Å². The van der Waals surface area contributed by atoms with Crippen molar-refractivity contribution in [2.24, 2.45) is 11.7 Å². The van der Waals surface area contributed by atoms with E-state index in [1.54, 1.807) is 0 Å². The van der Waals surface area contributed by atoms with Gasteiger partial charge >= 0.3 is 0 Å². The lowest BCUT2D eigenvalue weighted by atomic mass is 10.1. The van der Waals surface area contributed by atoms with Crippen molar-refractivity contribution in [2.75, 3.05) is 26.2 Å². The first-order chi connectivity index (χ1) is 6.25. The van der Waals surface area contributed by atoms with Gasteiger partial charge in [-0.05, 0) is 18.9 Å². The highest BCUT2D eigenvalue weighted by molar-refractivity contribution is 5.73. The van der Waals surface area contributed by atoms with Crippen molar-refractivity contribution in [3.8, 4) is 0 Å². The Labute approximate surface area is 78.5 Å². The highest BCUT2D eigenvalue weighted by atomic mass is 16.1. The van der Waals surface area contributed by atoms with Gasteiger partial charge in [0.1, 0.15) is 0 Å². The summed E-state index contributed by atoms with van der Waals surface area (Å²) in [7, 11) is 0. The third-order valence-corrected chi connectivity index (χ3v) is 3.11. The molecule has 4 nitrogen and oxygen atoms in total. The third-order valence-electron chi connectivity index (χ3n) is 3.11. The summed E-state index contributed by atoms with van der Waals surface area (Å²) in [5, 5.41) is 3.48. The number of fused-ring (bicyclic) bond motifs is 1. The fourth-order valence-corrected chi connectivity index (χ4v) is 2.39. The normalized spacial score (nSPS) is 33.5. The first kappa shape index (κ1) is 8.97. The number of amides is 1.